The van der Waals surface area contributed by atoms with E-state index in [-0.39, 0.29) is 29.4 Å². The molecular weight excluding hydrogens is 418 g/mol. The molecule has 0 aliphatic carbocycles. The van der Waals surface area contributed by atoms with Crippen LogP contribution in [0.1, 0.15) is 91.7 Å². The van der Waals surface area contributed by atoms with Crippen molar-refractivity contribution in [1.82, 2.24) is 5.06 Å². The monoisotopic (exact) mass is 461 g/mol. The van der Waals surface area contributed by atoms with Gasteiger partial charge in [0, 0.05) is 18.4 Å². The zero-order valence-electron chi connectivity index (χ0n) is 21.4. The fourth-order valence-corrected chi connectivity index (χ4v) is 5.72. The molecule has 186 valence electrons. The van der Waals surface area contributed by atoms with Gasteiger partial charge in [-0.15, -0.1) is 0 Å². The highest BCUT2D eigenvalue weighted by molar-refractivity contribution is 5.28. The number of ether oxygens (including phenoxy) is 4. The van der Waals surface area contributed by atoms with Gasteiger partial charge in [-0.2, -0.15) is 5.06 Å². The van der Waals surface area contributed by atoms with Gasteiger partial charge in [0.25, 0.3) is 0 Å². The van der Waals surface area contributed by atoms with Gasteiger partial charge in [0.15, 0.2) is 5.79 Å². The van der Waals surface area contributed by atoms with Crippen LogP contribution in [0.4, 0.5) is 0 Å². The van der Waals surface area contributed by atoms with Crippen LogP contribution in [0, 0.1) is 0 Å². The summed E-state index contributed by atoms with van der Waals surface area (Å²) in [4.78, 5) is 6.78. The molecule has 0 radical (unpaired) electrons. The van der Waals surface area contributed by atoms with Crippen LogP contribution in [0.15, 0.2) is 24.3 Å². The largest absolute Gasteiger partial charge is 0.491 e. The Balaban J connectivity index is 1.48. The topological polar surface area (TPSA) is 52.7 Å². The number of hydroxylamine groups is 2. The van der Waals surface area contributed by atoms with E-state index in [1.54, 1.807) is 0 Å². The number of rotatable bonds is 10. The zero-order valence-corrected chi connectivity index (χ0v) is 21.4. The summed E-state index contributed by atoms with van der Waals surface area (Å²) in [5.41, 5.74) is 0.760. The normalized spacial score (nSPS) is 31.6. The highest BCUT2D eigenvalue weighted by Gasteiger charge is 2.59. The number of piperidine rings is 1. The highest BCUT2D eigenvalue weighted by Crippen LogP contribution is 2.52. The molecule has 3 aliphatic rings. The Bertz CT molecular complexity index is 773. The molecule has 0 aromatic heterocycles. The summed E-state index contributed by atoms with van der Waals surface area (Å²) >= 11 is 0. The zero-order chi connectivity index (χ0) is 23.7. The van der Waals surface area contributed by atoms with Crippen LogP contribution in [0.25, 0.3) is 0 Å². The summed E-state index contributed by atoms with van der Waals surface area (Å²) in [6.07, 6.45) is 6.14. The molecule has 4 rings (SSSR count). The molecule has 6 heteroatoms. The molecule has 1 aromatic carbocycles. The molecule has 0 amide bonds. The van der Waals surface area contributed by atoms with Crippen LogP contribution in [-0.4, -0.2) is 54.0 Å². The first-order valence-corrected chi connectivity index (χ1v) is 12.9. The summed E-state index contributed by atoms with van der Waals surface area (Å²) < 4.78 is 24.0. The Kier molecular flexibility index (Phi) is 7.42. The Hall–Kier alpha value is -1.18. The molecule has 1 aromatic rings. The third kappa shape index (κ3) is 5.40. The first-order chi connectivity index (χ1) is 15.7. The van der Waals surface area contributed by atoms with Gasteiger partial charge in [-0.3, -0.25) is 4.84 Å². The maximum absolute atomic E-state index is 6.78. The van der Waals surface area contributed by atoms with E-state index in [2.05, 4.69) is 58.7 Å². The van der Waals surface area contributed by atoms with Gasteiger partial charge in [-0.05, 0) is 57.7 Å². The van der Waals surface area contributed by atoms with Crippen LogP contribution in [0.5, 0.6) is 5.75 Å². The van der Waals surface area contributed by atoms with Crippen molar-refractivity contribution in [2.45, 2.75) is 115 Å². The van der Waals surface area contributed by atoms with Gasteiger partial charge in [0.1, 0.15) is 24.6 Å². The quantitative estimate of drug-likeness (QED) is 0.410. The van der Waals surface area contributed by atoms with E-state index in [0.29, 0.717) is 13.2 Å². The maximum atomic E-state index is 6.78. The van der Waals surface area contributed by atoms with Crippen molar-refractivity contribution in [3.8, 4) is 5.75 Å². The highest BCUT2D eigenvalue weighted by atomic mass is 16.7. The van der Waals surface area contributed by atoms with E-state index in [9.17, 15) is 0 Å². The molecule has 3 saturated heterocycles. The predicted octanol–water partition coefficient (Wildman–Crippen LogP) is 5.80. The minimum atomic E-state index is -0.511. The minimum absolute atomic E-state index is 0.0742. The molecular formula is C27H43NO5. The first kappa shape index (κ1) is 24.9. The summed E-state index contributed by atoms with van der Waals surface area (Å²) in [6, 6.07) is 8.25. The predicted molar refractivity (Wildman–Crippen MR) is 128 cm³/mol. The van der Waals surface area contributed by atoms with Crippen LogP contribution in [0.3, 0.4) is 0 Å². The standard InChI is InChI=1S/C27H43NO5/c1-7-10-23-17-31-27(32-23)18-25(5,6)28(26(8-2,9-3)19-27)33-20(4)21-11-13-22(14-12-21)29-15-24-16-30-24/h11-14,20,23-24H,7-10,15-19H2,1-6H3. The number of hydrogen-bond donors (Lipinski definition) is 0. The molecule has 0 saturated carbocycles. The Morgan fingerprint density at radius 3 is 2.33 bits per heavy atom. The molecule has 0 bridgehead atoms. The molecule has 1 spiro atoms. The van der Waals surface area contributed by atoms with Crippen LogP contribution < -0.4 is 4.74 Å². The lowest BCUT2D eigenvalue weighted by Crippen LogP contribution is -2.67. The number of benzene rings is 1. The first-order valence-electron chi connectivity index (χ1n) is 12.9. The second-order valence-electron chi connectivity index (χ2n) is 10.7. The van der Waals surface area contributed by atoms with E-state index >= 15 is 0 Å². The fourth-order valence-electron chi connectivity index (χ4n) is 5.72. The van der Waals surface area contributed by atoms with E-state index in [1.807, 2.05) is 12.1 Å². The second-order valence-corrected chi connectivity index (χ2v) is 10.7. The van der Waals surface area contributed by atoms with E-state index in [0.717, 1.165) is 56.4 Å². The average molecular weight is 462 g/mol. The van der Waals surface area contributed by atoms with E-state index in [1.165, 1.54) is 0 Å². The number of hydrogen-bond acceptors (Lipinski definition) is 6. The van der Waals surface area contributed by atoms with E-state index < -0.39 is 5.79 Å². The summed E-state index contributed by atoms with van der Waals surface area (Å²) in [5, 5.41) is 2.28. The van der Waals surface area contributed by atoms with Crippen LogP contribution in [0.2, 0.25) is 0 Å². The van der Waals surface area contributed by atoms with Crippen LogP contribution in [-0.2, 0) is 19.0 Å². The fraction of sp³-hybridized carbons (Fsp3) is 0.778. The van der Waals surface area contributed by atoms with Gasteiger partial charge in [0.05, 0.1) is 24.9 Å². The van der Waals surface area contributed by atoms with Crippen molar-refractivity contribution in [3.63, 3.8) is 0 Å². The minimum Gasteiger partial charge on any atom is -0.491 e. The van der Waals surface area contributed by atoms with E-state index in [4.69, 9.17) is 23.8 Å². The van der Waals surface area contributed by atoms with Crippen molar-refractivity contribution >= 4 is 0 Å². The van der Waals surface area contributed by atoms with Gasteiger partial charge in [0.2, 0.25) is 0 Å². The Morgan fingerprint density at radius 2 is 1.73 bits per heavy atom. The second kappa shape index (κ2) is 9.82. The third-order valence-electron chi connectivity index (χ3n) is 7.57. The molecule has 4 unspecified atom stereocenters. The molecule has 33 heavy (non-hydrogen) atoms. The molecule has 3 fully saturated rings. The SMILES string of the molecule is CCCC1COC2(CC(C)(C)N(OC(C)c3ccc(OCC4CO4)cc3)C(CC)(CC)C2)O1. The van der Waals surface area contributed by atoms with Crippen molar-refractivity contribution in [2.24, 2.45) is 0 Å². The number of epoxide rings is 1. The van der Waals surface area contributed by atoms with Crippen molar-refractivity contribution < 1.29 is 23.8 Å². The summed E-state index contributed by atoms with van der Waals surface area (Å²) in [5.74, 6) is 0.359. The summed E-state index contributed by atoms with van der Waals surface area (Å²) in [6.45, 7) is 15.5. The molecule has 6 nitrogen and oxygen atoms in total. The van der Waals surface area contributed by atoms with Gasteiger partial charge < -0.3 is 18.9 Å². The Morgan fingerprint density at radius 1 is 1.03 bits per heavy atom. The van der Waals surface area contributed by atoms with Gasteiger partial charge in [-0.1, -0.05) is 39.3 Å². The van der Waals surface area contributed by atoms with Crippen LogP contribution >= 0.6 is 0 Å². The molecule has 4 atom stereocenters. The molecule has 3 heterocycles. The third-order valence-corrected chi connectivity index (χ3v) is 7.57. The molecule has 3 aliphatic heterocycles. The lowest BCUT2D eigenvalue weighted by Gasteiger charge is -2.59. The van der Waals surface area contributed by atoms with Crippen molar-refractivity contribution in [3.05, 3.63) is 29.8 Å². The molecule has 0 N–H and O–H groups in total. The lowest BCUT2D eigenvalue weighted by molar-refractivity contribution is -0.359. The van der Waals surface area contributed by atoms with Gasteiger partial charge in [-0.25, -0.2) is 0 Å². The summed E-state index contributed by atoms with van der Waals surface area (Å²) in [7, 11) is 0. The van der Waals surface area contributed by atoms with Crippen molar-refractivity contribution in [2.75, 3.05) is 19.8 Å². The van der Waals surface area contributed by atoms with Crippen molar-refractivity contribution in [1.29, 1.82) is 0 Å². The van der Waals surface area contributed by atoms with Gasteiger partial charge >= 0.3 is 0 Å². The Labute approximate surface area is 199 Å². The smallest absolute Gasteiger partial charge is 0.172 e. The number of nitrogens with zero attached hydrogens (tertiary/aromatic N) is 1. The lowest BCUT2D eigenvalue weighted by atomic mass is 9.73. The average Bonchev–Trinajstić information content (AvgIpc) is 3.56. The maximum Gasteiger partial charge on any atom is 0.172 e.